The van der Waals surface area contributed by atoms with Gasteiger partial charge in [-0.1, -0.05) is 29.8 Å². The Morgan fingerprint density at radius 3 is 2.38 bits per heavy atom. The van der Waals surface area contributed by atoms with E-state index in [4.69, 9.17) is 16.3 Å². The van der Waals surface area contributed by atoms with Crippen LogP contribution in [0.4, 0.5) is 0 Å². The van der Waals surface area contributed by atoms with E-state index >= 15 is 0 Å². The number of nitrogens with zero attached hydrogens (tertiary/aromatic N) is 1. The molecular formula is C17H15Cl2NO. The van der Waals surface area contributed by atoms with E-state index in [-0.39, 0.29) is 12.4 Å². The predicted molar refractivity (Wildman–Crippen MR) is 81.1 cm³/mol. The summed E-state index contributed by atoms with van der Waals surface area (Å²) >= 11 is 5.84. The number of pyridine rings is 1. The number of aromatic nitrogens is 1. The third-order valence-corrected chi connectivity index (χ3v) is 3.43. The highest BCUT2D eigenvalue weighted by molar-refractivity contribution is 6.30. The van der Waals surface area contributed by atoms with Gasteiger partial charge >= 0.3 is 0 Å². The first-order valence-electron chi connectivity index (χ1n) is 6.57. The molecule has 0 saturated carbocycles. The molecule has 0 radical (unpaired) electrons. The second kappa shape index (κ2) is 7.30. The zero-order valence-electron chi connectivity index (χ0n) is 11.4. The molecule has 0 atom stereocenters. The molecule has 1 aromatic heterocycles. The molecule has 3 rings (SSSR count). The van der Waals surface area contributed by atoms with Crippen molar-refractivity contribution in [2.45, 2.75) is 6.54 Å². The summed E-state index contributed by atoms with van der Waals surface area (Å²) in [5.41, 5.74) is 0. The number of rotatable bonds is 4. The molecule has 0 N–H and O–H groups in total. The Bertz CT molecular complexity index is 713. The van der Waals surface area contributed by atoms with E-state index in [2.05, 4.69) is 47.3 Å². The minimum Gasteiger partial charge on any atom is -1.00 e. The second-order valence-electron chi connectivity index (χ2n) is 4.61. The van der Waals surface area contributed by atoms with Crippen molar-refractivity contribution in [3.8, 4) is 5.75 Å². The van der Waals surface area contributed by atoms with Crippen LogP contribution in [-0.4, -0.2) is 6.61 Å². The Kier molecular flexibility index (Phi) is 5.43. The van der Waals surface area contributed by atoms with E-state index in [0.717, 1.165) is 17.3 Å². The van der Waals surface area contributed by atoms with Crippen LogP contribution in [0.25, 0.3) is 10.8 Å². The zero-order valence-corrected chi connectivity index (χ0v) is 12.9. The van der Waals surface area contributed by atoms with Gasteiger partial charge < -0.3 is 17.1 Å². The van der Waals surface area contributed by atoms with E-state index in [9.17, 15) is 0 Å². The lowest BCUT2D eigenvalue weighted by Crippen LogP contribution is -3.00. The summed E-state index contributed by atoms with van der Waals surface area (Å²) in [6.45, 7) is 1.44. The number of ether oxygens (including phenoxy) is 1. The monoisotopic (exact) mass is 319 g/mol. The van der Waals surface area contributed by atoms with Crippen molar-refractivity contribution in [2.24, 2.45) is 0 Å². The van der Waals surface area contributed by atoms with E-state index in [1.54, 1.807) is 0 Å². The van der Waals surface area contributed by atoms with Crippen LogP contribution < -0.4 is 21.7 Å². The van der Waals surface area contributed by atoms with Crippen molar-refractivity contribution in [1.29, 1.82) is 0 Å². The largest absolute Gasteiger partial charge is 1.00 e. The smallest absolute Gasteiger partial charge is 0.182 e. The molecular weight excluding hydrogens is 305 g/mol. The predicted octanol–water partition coefficient (Wildman–Crippen LogP) is 0.864. The average Bonchev–Trinajstić information content (AvgIpc) is 2.49. The lowest BCUT2D eigenvalue weighted by atomic mass is 10.2. The van der Waals surface area contributed by atoms with Crippen molar-refractivity contribution < 1.29 is 21.7 Å². The minimum absolute atomic E-state index is 0. The maximum Gasteiger partial charge on any atom is 0.182 e. The van der Waals surface area contributed by atoms with Gasteiger partial charge in [0.2, 0.25) is 0 Å². The minimum atomic E-state index is 0. The van der Waals surface area contributed by atoms with Gasteiger partial charge in [-0.25, -0.2) is 4.57 Å². The first-order valence-corrected chi connectivity index (χ1v) is 6.95. The Morgan fingerprint density at radius 1 is 0.905 bits per heavy atom. The summed E-state index contributed by atoms with van der Waals surface area (Å²) < 4.78 is 7.83. The molecule has 0 aliphatic heterocycles. The third-order valence-electron chi connectivity index (χ3n) is 3.18. The maximum absolute atomic E-state index is 5.84. The topological polar surface area (TPSA) is 13.1 Å². The van der Waals surface area contributed by atoms with Gasteiger partial charge in [-0.05, 0) is 35.7 Å². The van der Waals surface area contributed by atoms with Gasteiger partial charge in [-0.15, -0.1) is 0 Å². The third kappa shape index (κ3) is 4.10. The lowest BCUT2D eigenvalue weighted by molar-refractivity contribution is -0.696. The van der Waals surface area contributed by atoms with E-state index in [0.29, 0.717) is 6.61 Å². The summed E-state index contributed by atoms with van der Waals surface area (Å²) in [6.07, 6.45) is 4.22. The van der Waals surface area contributed by atoms with Crippen LogP contribution in [0.15, 0.2) is 67.0 Å². The molecule has 4 heteroatoms. The van der Waals surface area contributed by atoms with E-state index in [1.807, 2.05) is 24.3 Å². The number of halogens is 2. The van der Waals surface area contributed by atoms with Crippen LogP contribution in [0.5, 0.6) is 5.75 Å². The van der Waals surface area contributed by atoms with E-state index < -0.39 is 0 Å². The summed E-state index contributed by atoms with van der Waals surface area (Å²) in [7, 11) is 0. The molecule has 0 fully saturated rings. The number of hydrogen-bond acceptors (Lipinski definition) is 1. The normalized spacial score (nSPS) is 10.1. The van der Waals surface area contributed by atoms with Crippen LogP contribution >= 0.6 is 11.6 Å². The average molecular weight is 320 g/mol. The molecule has 2 nitrogen and oxygen atoms in total. The number of fused-ring (bicyclic) bond motifs is 1. The van der Waals surface area contributed by atoms with Crippen molar-refractivity contribution in [1.82, 2.24) is 0 Å². The van der Waals surface area contributed by atoms with E-state index in [1.165, 1.54) is 10.8 Å². The standard InChI is InChI=1S/C17H15ClNO.ClH/c18-16-5-7-17(8-6-16)20-12-11-19-10-9-14-3-1-2-4-15(14)13-19;/h1-10,13H,11-12H2;1H/q+1;/p-1. The highest BCUT2D eigenvalue weighted by Crippen LogP contribution is 2.15. The Hall–Kier alpha value is -1.77. The highest BCUT2D eigenvalue weighted by Gasteiger charge is 2.03. The molecule has 0 saturated heterocycles. The Morgan fingerprint density at radius 2 is 1.62 bits per heavy atom. The SMILES string of the molecule is Clc1ccc(OCC[n+]2ccc3ccccc3c2)cc1.[Cl-]. The van der Waals surface area contributed by atoms with Gasteiger partial charge in [-0.2, -0.15) is 0 Å². The molecule has 3 aromatic rings. The molecule has 0 bridgehead atoms. The highest BCUT2D eigenvalue weighted by atomic mass is 35.5. The molecule has 21 heavy (non-hydrogen) atoms. The molecule has 0 unspecified atom stereocenters. The van der Waals surface area contributed by atoms with Gasteiger partial charge in [0.1, 0.15) is 12.4 Å². The first kappa shape index (κ1) is 15.6. The lowest BCUT2D eigenvalue weighted by Gasteiger charge is -2.04. The first-order chi connectivity index (χ1) is 9.81. The Balaban J connectivity index is 0.00000161. The van der Waals surface area contributed by atoms with Crippen LogP contribution in [0, 0.1) is 0 Å². The van der Waals surface area contributed by atoms with Gasteiger partial charge in [0.05, 0.1) is 0 Å². The summed E-state index contributed by atoms with van der Waals surface area (Å²) in [4.78, 5) is 0. The van der Waals surface area contributed by atoms with Crippen LogP contribution in [0.1, 0.15) is 0 Å². The number of hydrogen-bond donors (Lipinski definition) is 0. The van der Waals surface area contributed by atoms with Crippen molar-refractivity contribution in [3.63, 3.8) is 0 Å². The number of benzene rings is 2. The summed E-state index contributed by atoms with van der Waals surface area (Å²) in [5.74, 6) is 0.843. The quantitative estimate of drug-likeness (QED) is 0.650. The molecule has 0 aliphatic rings. The van der Waals surface area contributed by atoms with Crippen molar-refractivity contribution >= 4 is 22.4 Å². The zero-order chi connectivity index (χ0) is 13.8. The van der Waals surface area contributed by atoms with Crippen molar-refractivity contribution in [3.05, 3.63) is 72.0 Å². The summed E-state index contributed by atoms with van der Waals surface area (Å²) in [6, 6.07) is 17.9. The van der Waals surface area contributed by atoms with Gasteiger partial charge in [0, 0.05) is 16.5 Å². The summed E-state index contributed by atoms with van der Waals surface area (Å²) in [5, 5.41) is 3.21. The molecule has 108 valence electrons. The molecule has 0 aliphatic carbocycles. The molecule has 0 amide bonds. The van der Waals surface area contributed by atoms with Crippen LogP contribution in [0.2, 0.25) is 5.02 Å². The maximum atomic E-state index is 5.84. The van der Waals surface area contributed by atoms with Gasteiger partial charge in [0.25, 0.3) is 0 Å². The fourth-order valence-corrected chi connectivity index (χ4v) is 2.24. The fourth-order valence-electron chi connectivity index (χ4n) is 2.12. The van der Waals surface area contributed by atoms with Gasteiger partial charge in [-0.3, -0.25) is 0 Å². The Labute approximate surface area is 135 Å². The molecule has 0 spiro atoms. The van der Waals surface area contributed by atoms with Crippen LogP contribution in [-0.2, 0) is 6.54 Å². The molecule has 1 heterocycles. The van der Waals surface area contributed by atoms with Gasteiger partial charge in [0.15, 0.2) is 18.9 Å². The second-order valence-corrected chi connectivity index (χ2v) is 5.05. The van der Waals surface area contributed by atoms with Crippen LogP contribution in [0.3, 0.4) is 0 Å². The molecule has 2 aromatic carbocycles. The van der Waals surface area contributed by atoms with Crippen molar-refractivity contribution in [2.75, 3.05) is 6.61 Å². The fraction of sp³-hybridized carbons (Fsp3) is 0.118.